The molecule has 16 heavy (non-hydrogen) atoms. The van der Waals surface area contributed by atoms with E-state index >= 15 is 0 Å². The number of benzene rings is 1. The van der Waals surface area contributed by atoms with Gasteiger partial charge in [-0.15, -0.1) is 0 Å². The molecule has 0 aliphatic carbocycles. The zero-order chi connectivity index (χ0) is 12.6. The fourth-order valence-electron chi connectivity index (χ4n) is 2.47. The third-order valence-electron chi connectivity index (χ3n) is 2.63. The summed E-state index contributed by atoms with van der Waals surface area (Å²) in [5.41, 5.74) is 1.35. The molecule has 0 saturated carbocycles. The molecule has 0 amide bonds. The maximum Gasteiger partial charge on any atom is -0.00645 e. The Hall–Kier alpha value is -0.430. The van der Waals surface area contributed by atoms with E-state index in [0.717, 1.165) is 0 Å². The van der Waals surface area contributed by atoms with Gasteiger partial charge in [0.05, 0.1) is 0 Å². The van der Waals surface area contributed by atoms with Crippen molar-refractivity contribution in [1.29, 1.82) is 0 Å². The van der Waals surface area contributed by atoms with Gasteiger partial charge in [0, 0.05) is 0 Å². The summed E-state index contributed by atoms with van der Waals surface area (Å²) in [6.45, 7) is 16.3. The Kier molecular flexibility index (Phi) is 3.79. The highest BCUT2D eigenvalue weighted by Crippen LogP contribution is 2.56. The van der Waals surface area contributed by atoms with Crippen molar-refractivity contribution in [3.8, 4) is 0 Å². The lowest BCUT2D eigenvalue weighted by Gasteiger charge is -2.45. The molecule has 92 valence electrons. The van der Waals surface area contributed by atoms with Gasteiger partial charge in [0.15, 0.2) is 0 Å². The third-order valence-corrected chi connectivity index (χ3v) is 6.13. The molecule has 0 nitrogen and oxygen atoms in total. The summed E-state index contributed by atoms with van der Waals surface area (Å²) in [5.74, 6) is 0. The first kappa shape index (κ1) is 13.6. The largest absolute Gasteiger partial charge is 0.217 e. The zero-order valence-electron chi connectivity index (χ0n) is 11.8. The smallest absolute Gasteiger partial charge is 0.00645 e. The lowest BCUT2D eigenvalue weighted by molar-refractivity contribution is 0.723. The van der Waals surface area contributed by atoms with Gasteiger partial charge in [0.1, 0.15) is 0 Å². The molecule has 1 rings (SSSR count). The van der Waals surface area contributed by atoms with Crippen LogP contribution in [-0.4, -0.2) is 9.49 Å². The molecule has 0 saturated heterocycles. The lowest BCUT2D eigenvalue weighted by Crippen LogP contribution is -2.28. The highest BCUT2D eigenvalue weighted by Gasteiger charge is 2.32. The standard InChI is InChI=1S/C15H26S/c1-12-8-10-13(11-9-12)16(14(2,3)4)15(5,6)7/h8-11,16H,1-7H3. The topological polar surface area (TPSA) is 0 Å². The van der Waals surface area contributed by atoms with E-state index in [4.69, 9.17) is 0 Å². The molecule has 0 fully saturated rings. The van der Waals surface area contributed by atoms with Gasteiger partial charge in [0.2, 0.25) is 0 Å². The molecule has 0 radical (unpaired) electrons. The SMILES string of the molecule is Cc1ccc([SH](C(C)(C)C)C(C)(C)C)cc1. The molecule has 1 aromatic carbocycles. The maximum absolute atomic E-state index is 2.36. The van der Waals surface area contributed by atoms with Gasteiger partial charge in [-0.25, -0.2) is 10.9 Å². The van der Waals surface area contributed by atoms with Crippen LogP contribution in [0, 0.1) is 6.92 Å². The first-order valence-corrected chi connectivity index (χ1v) is 7.33. The van der Waals surface area contributed by atoms with Crippen molar-refractivity contribution in [1.82, 2.24) is 0 Å². The Bertz CT molecular complexity index is 321. The molecule has 0 aromatic heterocycles. The molecule has 0 N–H and O–H groups in total. The van der Waals surface area contributed by atoms with Gasteiger partial charge >= 0.3 is 0 Å². The van der Waals surface area contributed by atoms with Crippen molar-refractivity contribution in [2.75, 3.05) is 0 Å². The second kappa shape index (κ2) is 4.44. The van der Waals surface area contributed by atoms with Gasteiger partial charge in [0.25, 0.3) is 0 Å². The zero-order valence-corrected chi connectivity index (χ0v) is 12.7. The number of aryl methyl sites for hydroxylation is 1. The summed E-state index contributed by atoms with van der Waals surface area (Å²) in [7, 11) is -0.150. The second-order valence-electron chi connectivity index (χ2n) is 6.51. The van der Waals surface area contributed by atoms with Crippen LogP contribution in [0.25, 0.3) is 0 Å². The van der Waals surface area contributed by atoms with Crippen molar-refractivity contribution in [3.63, 3.8) is 0 Å². The molecule has 1 aromatic rings. The molecule has 0 aliphatic rings. The fraction of sp³-hybridized carbons (Fsp3) is 0.600. The first-order valence-electron chi connectivity index (χ1n) is 5.99. The third kappa shape index (κ3) is 3.28. The Morgan fingerprint density at radius 2 is 1.12 bits per heavy atom. The average Bonchev–Trinajstić information content (AvgIpc) is 2.03. The van der Waals surface area contributed by atoms with Gasteiger partial charge in [-0.1, -0.05) is 71.4 Å². The molecule has 0 unspecified atom stereocenters. The summed E-state index contributed by atoms with van der Waals surface area (Å²) >= 11 is 0. The Morgan fingerprint density at radius 1 is 0.750 bits per heavy atom. The van der Waals surface area contributed by atoms with Crippen LogP contribution in [0.3, 0.4) is 0 Å². The minimum atomic E-state index is -0.150. The molecule has 1 heteroatoms. The van der Waals surface area contributed by atoms with Crippen LogP contribution < -0.4 is 0 Å². The summed E-state index contributed by atoms with van der Waals surface area (Å²) in [5, 5.41) is 0. The quantitative estimate of drug-likeness (QED) is 0.657. The summed E-state index contributed by atoms with van der Waals surface area (Å²) in [6.07, 6.45) is 0. The van der Waals surface area contributed by atoms with E-state index in [2.05, 4.69) is 72.7 Å². The summed E-state index contributed by atoms with van der Waals surface area (Å²) in [4.78, 5) is 1.53. The lowest BCUT2D eigenvalue weighted by atomic mass is 10.2. The molecule has 0 spiro atoms. The second-order valence-corrected chi connectivity index (χ2v) is 10.4. The van der Waals surface area contributed by atoms with Crippen LogP contribution in [0.4, 0.5) is 0 Å². The predicted octanol–water partition coefficient (Wildman–Crippen LogP) is 4.95. The van der Waals surface area contributed by atoms with Gasteiger partial charge < -0.3 is 0 Å². The maximum atomic E-state index is 2.36. The Balaban J connectivity index is 3.18. The first-order chi connectivity index (χ1) is 7.12. The van der Waals surface area contributed by atoms with E-state index < -0.39 is 0 Å². The molecule has 0 bridgehead atoms. The number of rotatable bonds is 1. The van der Waals surface area contributed by atoms with Crippen LogP contribution in [-0.2, 0) is 0 Å². The Labute approximate surface area is 104 Å². The van der Waals surface area contributed by atoms with E-state index in [1.54, 1.807) is 0 Å². The minimum Gasteiger partial charge on any atom is -0.217 e. The normalized spacial score (nSPS) is 13.8. The molecule has 0 aliphatic heterocycles. The summed E-state index contributed by atoms with van der Waals surface area (Å²) < 4.78 is 0.728. The van der Waals surface area contributed by atoms with Crippen LogP contribution in [0.2, 0.25) is 0 Å². The number of hydrogen-bond donors (Lipinski definition) is 1. The molecular weight excluding hydrogens is 212 g/mol. The van der Waals surface area contributed by atoms with Crippen LogP contribution in [0.5, 0.6) is 0 Å². The predicted molar refractivity (Wildman–Crippen MR) is 77.9 cm³/mol. The van der Waals surface area contributed by atoms with Gasteiger partial charge in [-0.05, 0) is 21.3 Å². The molecule has 0 atom stereocenters. The Morgan fingerprint density at radius 3 is 1.44 bits per heavy atom. The van der Waals surface area contributed by atoms with E-state index in [0.29, 0.717) is 9.49 Å². The van der Waals surface area contributed by atoms with E-state index in [1.165, 1.54) is 10.5 Å². The van der Waals surface area contributed by atoms with E-state index in [1.807, 2.05) is 0 Å². The monoisotopic (exact) mass is 238 g/mol. The average molecular weight is 238 g/mol. The summed E-state index contributed by atoms with van der Waals surface area (Å²) in [6, 6.07) is 9.11. The molecule has 0 heterocycles. The number of thiol groups is 1. The van der Waals surface area contributed by atoms with Crippen LogP contribution in [0.15, 0.2) is 29.2 Å². The van der Waals surface area contributed by atoms with Crippen molar-refractivity contribution in [2.45, 2.75) is 62.9 Å². The van der Waals surface area contributed by atoms with Crippen LogP contribution in [0.1, 0.15) is 47.1 Å². The fourth-order valence-corrected chi connectivity index (χ4v) is 6.48. The highest BCUT2D eigenvalue weighted by atomic mass is 32.2. The van der Waals surface area contributed by atoms with Gasteiger partial charge in [-0.3, -0.25) is 0 Å². The minimum absolute atomic E-state index is 0.150. The van der Waals surface area contributed by atoms with Crippen molar-refractivity contribution in [3.05, 3.63) is 29.8 Å². The number of hydrogen-bond acceptors (Lipinski definition) is 0. The van der Waals surface area contributed by atoms with E-state index in [-0.39, 0.29) is 10.9 Å². The highest BCUT2D eigenvalue weighted by molar-refractivity contribution is 8.19. The molecular formula is C15H26S. The van der Waals surface area contributed by atoms with Crippen LogP contribution >= 0.6 is 10.9 Å². The van der Waals surface area contributed by atoms with Crippen molar-refractivity contribution < 1.29 is 0 Å². The van der Waals surface area contributed by atoms with Gasteiger partial charge in [-0.2, -0.15) is 0 Å². The van der Waals surface area contributed by atoms with Crippen molar-refractivity contribution in [2.24, 2.45) is 0 Å². The van der Waals surface area contributed by atoms with E-state index in [9.17, 15) is 0 Å². The van der Waals surface area contributed by atoms with Crippen molar-refractivity contribution >= 4 is 10.9 Å².